The Balaban J connectivity index is 1.48. The van der Waals surface area contributed by atoms with E-state index in [9.17, 15) is 4.79 Å². The third-order valence-electron chi connectivity index (χ3n) is 5.73. The van der Waals surface area contributed by atoms with E-state index in [4.69, 9.17) is 4.74 Å². The van der Waals surface area contributed by atoms with Gasteiger partial charge in [0, 0.05) is 24.7 Å². The van der Waals surface area contributed by atoms with Crippen LogP contribution in [0.4, 0.5) is 0 Å². The number of amides is 1. The number of hydrogen-bond acceptors (Lipinski definition) is 3. The van der Waals surface area contributed by atoms with Crippen molar-refractivity contribution in [3.05, 3.63) is 60.2 Å². The van der Waals surface area contributed by atoms with E-state index in [2.05, 4.69) is 19.0 Å². The molecule has 2 bridgehead atoms. The molecule has 26 heavy (non-hydrogen) atoms. The van der Waals surface area contributed by atoms with Gasteiger partial charge < -0.3 is 14.5 Å². The Morgan fingerprint density at radius 1 is 0.962 bits per heavy atom. The molecule has 1 aliphatic carbocycles. The third-order valence-corrected chi connectivity index (χ3v) is 5.73. The van der Waals surface area contributed by atoms with Gasteiger partial charge in [-0.3, -0.25) is 4.79 Å². The van der Waals surface area contributed by atoms with Gasteiger partial charge in [0.2, 0.25) is 0 Å². The van der Waals surface area contributed by atoms with Crippen molar-refractivity contribution in [2.24, 2.45) is 11.8 Å². The number of para-hydroxylation sites is 1. The predicted molar refractivity (Wildman–Crippen MR) is 103 cm³/mol. The highest BCUT2D eigenvalue weighted by Crippen LogP contribution is 2.39. The molecule has 4 heteroatoms. The number of ether oxygens (including phenoxy) is 1. The van der Waals surface area contributed by atoms with Crippen LogP contribution in [0.3, 0.4) is 0 Å². The molecule has 136 valence electrons. The van der Waals surface area contributed by atoms with E-state index in [1.54, 1.807) is 0 Å². The molecule has 1 saturated heterocycles. The lowest BCUT2D eigenvalue weighted by atomic mass is 9.91. The maximum Gasteiger partial charge on any atom is 0.254 e. The minimum Gasteiger partial charge on any atom is -0.457 e. The van der Waals surface area contributed by atoms with Gasteiger partial charge in [0.15, 0.2) is 0 Å². The first-order valence-corrected chi connectivity index (χ1v) is 9.40. The van der Waals surface area contributed by atoms with Crippen molar-refractivity contribution >= 4 is 5.91 Å². The van der Waals surface area contributed by atoms with Crippen molar-refractivity contribution in [3.63, 3.8) is 0 Å². The molecule has 1 heterocycles. The molecule has 4 rings (SSSR count). The predicted octanol–water partition coefficient (Wildman–Crippen LogP) is 3.89. The smallest absolute Gasteiger partial charge is 0.254 e. The van der Waals surface area contributed by atoms with Gasteiger partial charge in [-0.25, -0.2) is 0 Å². The van der Waals surface area contributed by atoms with Crippen LogP contribution in [0.5, 0.6) is 11.5 Å². The van der Waals surface area contributed by atoms with Crippen LogP contribution in [-0.2, 0) is 0 Å². The summed E-state index contributed by atoms with van der Waals surface area (Å²) in [5, 5.41) is 0. The Hall–Kier alpha value is -2.33. The third kappa shape index (κ3) is 3.34. The summed E-state index contributed by atoms with van der Waals surface area (Å²) >= 11 is 0. The highest BCUT2D eigenvalue weighted by atomic mass is 16.5. The van der Waals surface area contributed by atoms with Gasteiger partial charge in [-0.2, -0.15) is 0 Å². The number of likely N-dealkylation sites (tertiary alicyclic amines) is 1. The first-order valence-electron chi connectivity index (χ1n) is 9.40. The Morgan fingerprint density at radius 3 is 2.27 bits per heavy atom. The fourth-order valence-electron chi connectivity index (χ4n) is 4.70. The number of piperidine rings is 1. The molecule has 1 saturated carbocycles. The standard InChI is InChI=1S/C22H26N2O2/c1-23(2)21-17-11-12-18(21)15-24(14-17)22(25)16-7-6-10-20(13-16)26-19-8-4-3-5-9-19/h3-10,13,17-18,21H,11-12,14-15H2,1-2H3/t17-,18+,21?. The van der Waals surface area contributed by atoms with Gasteiger partial charge in [0.1, 0.15) is 11.5 Å². The molecule has 0 aromatic heterocycles. The van der Waals surface area contributed by atoms with Gasteiger partial charge in [-0.15, -0.1) is 0 Å². The fourth-order valence-corrected chi connectivity index (χ4v) is 4.70. The summed E-state index contributed by atoms with van der Waals surface area (Å²) < 4.78 is 5.88. The summed E-state index contributed by atoms with van der Waals surface area (Å²) in [6, 6.07) is 17.8. The molecule has 4 nitrogen and oxygen atoms in total. The SMILES string of the molecule is CN(C)C1[C@@H]2CC[C@H]1CN(C(=O)c1cccc(Oc3ccccc3)c1)C2. The van der Waals surface area contributed by atoms with Crippen molar-refractivity contribution in [1.82, 2.24) is 9.80 Å². The highest BCUT2D eigenvalue weighted by Gasteiger charge is 2.44. The molecule has 2 aromatic carbocycles. The second kappa shape index (κ2) is 7.12. The molecule has 0 radical (unpaired) electrons. The average molecular weight is 350 g/mol. The van der Waals surface area contributed by atoms with E-state index in [0.717, 1.165) is 18.8 Å². The minimum atomic E-state index is 0.123. The van der Waals surface area contributed by atoms with E-state index in [-0.39, 0.29) is 5.91 Å². The van der Waals surface area contributed by atoms with Gasteiger partial charge in [-0.1, -0.05) is 24.3 Å². The van der Waals surface area contributed by atoms with Crippen molar-refractivity contribution in [3.8, 4) is 11.5 Å². The van der Waals surface area contributed by atoms with Crippen molar-refractivity contribution in [2.45, 2.75) is 18.9 Å². The van der Waals surface area contributed by atoms with Gasteiger partial charge in [-0.05, 0) is 69.1 Å². The molecule has 2 aliphatic rings. The molecule has 2 aromatic rings. The summed E-state index contributed by atoms with van der Waals surface area (Å²) in [5.41, 5.74) is 0.709. The monoisotopic (exact) mass is 350 g/mol. The number of hydrogen-bond donors (Lipinski definition) is 0. The molecule has 1 aliphatic heterocycles. The van der Waals surface area contributed by atoms with E-state index < -0.39 is 0 Å². The van der Waals surface area contributed by atoms with Crippen LogP contribution >= 0.6 is 0 Å². The Labute approximate surface area is 155 Å². The van der Waals surface area contributed by atoms with E-state index >= 15 is 0 Å². The van der Waals surface area contributed by atoms with Crippen molar-refractivity contribution < 1.29 is 9.53 Å². The molecule has 2 fully saturated rings. The van der Waals surface area contributed by atoms with E-state index in [0.29, 0.717) is 29.2 Å². The van der Waals surface area contributed by atoms with E-state index in [1.165, 1.54) is 12.8 Å². The summed E-state index contributed by atoms with van der Waals surface area (Å²) in [6.07, 6.45) is 2.46. The summed E-state index contributed by atoms with van der Waals surface area (Å²) in [6.45, 7) is 1.73. The molecule has 1 amide bonds. The van der Waals surface area contributed by atoms with Crippen LogP contribution in [0.2, 0.25) is 0 Å². The summed E-state index contributed by atoms with van der Waals surface area (Å²) in [4.78, 5) is 17.4. The number of carbonyl (C=O) groups excluding carboxylic acids is 1. The first kappa shape index (κ1) is 17.1. The zero-order valence-electron chi connectivity index (χ0n) is 15.5. The topological polar surface area (TPSA) is 32.8 Å². The van der Waals surface area contributed by atoms with Crippen LogP contribution in [0.1, 0.15) is 23.2 Å². The van der Waals surface area contributed by atoms with Crippen LogP contribution < -0.4 is 4.74 Å². The Morgan fingerprint density at radius 2 is 1.62 bits per heavy atom. The molecular formula is C22H26N2O2. The molecular weight excluding hydrogens is 324 g/mol. The molecule has 3 atom stereocenters. The van der Waals surface area contributed by atoms with Gasteiger partial charge in [0.05, 0.1) is 0 Å². The van der Waals surface area contributed by atoms with Crippen molar-refractivity contribution in [2.75, 3.05) is 27.2 Å². The largest absolute Gasteiger partial charge is 0.457 e. The number of rotatable bonds is 4. The zero-order chi connectivity index (χ0) is 18.1. The average Bonchev–Trinajstić information content (AvgIpc) is 2.93. The Bertz CT molecular complexity index is 761. The lowest BCUT2D eigenvalue weighted by Crippen LogP contribution is -2.52. The minimum absolute atomic E-state index is 0.123. The fraction of sp³-hybridized carbons (Fsp3) is 0.409. The number of benzene rings is 2. The van der Waals surface area contributed by atoms with Crippen LogP contribution in [0, 0.1) is 11.8 Å². The zero-order valence-corrected chi connectivity index (χ0v) is 15.5. The lowest BCUT2D eigenvalue weighted by Gasteiger charge is -2.41. The number of carbonyl (C=O) groups is 1. The lowest BCUT2D eigenvalue weighted by molar-refractivity contribution is 0.0487. The second-order valence-electron chi connectivity index (χ2n) is 7.70. The van der Waals surface area contributed by atoms with Crippen LogP contribution in [0.25, 0.3) is 0 Å². The maximum absolute atomic E-state index is 13.1. The van der Waals surface area contributed by atoms with Gasteiger partial charge >= 0.3 is 0 Å². The van der Waals surface area contributed by atoms with Gasteiger partial charge in [0.25, 0.3) is 5.91 Å². The van der Waals surface area contributed by atoms with Crippen LogP contribution in [-0.4, -0.2) is 48.9 Å². The van der Waals surface area contributed by atoms with E-state index in [1.807, 2.05) is 59.5 Å². The number of fused-ring (bicyclic) bond motifs is 2. The molecule has 1 unspecified atom stereocenters. The maximum atomic E-state index is 13.1. The Kier molecular flexibility index (Phi) is 4.68. The highest BCUT2D eigenvalue weighted by molar-refractivity contribution is 5.94. The molecule has 0 spiro atoms. The quantitative estimate of drug-likeness (QED) is 0.839. The normalized spacial score (nSPS) is 24.7. The second-order valence-corrected chi connectivity index (χ2v) is 7.70. The summed E-state index contributed by atoms with van der Waals surface area (Å²) in [5.74, 6) is 2.79. The molecule has 0 N–H and O–H groups in total. The summed E-state index contributed by atoms with van der Waals surface area (Å²) in [7, 11) is 4.33. The number of nitrogens with zero attached hydrogens (tertiary/aromatic N) is 2. The van der Waals surface area contributed by atoms with Crippen molar-refractivity contribution in [1.29, 1.82) is 0 Å². The van der Waals surface area contributed by atoms with Crippen LogP contribution in [0.15, 0.2) is 54.6 Å². The first-order chi connectivity index (χ1) is 12.6.